The fourth-order valence-electron chi connectivity index (χ4n) is 3.99. The SMILES string of the molecule is c1ccc(CCN2CC[C@H]3C[C@@H]2c2ccccc23)cc1. The summed E-state index contributed by atoms with van der Waals surface area (Å²) in [7, 11) is 0. The Labute approximate surface area is 121 Å². The van der Waals surface area contributed by atoms with E-state index in [1.165, 1.54) is 37.9 Å². The third kappa shape index (κ3) is 2.06. The zero-order chi connectivity index (χ0) is 13.4. The smallest absolute Gasteiger partial charge is 0.0356 e. The van der Waals surface area contributed by atoms with Gasteiger partial charge in [0.15, 0.2) is 0 Å². The van der Waals surface area contributed by atoms with Gasteiger partial charge in [0.1, 0.15) is 0 Å². The second-order valence-corrected chi connectivity index (χ2v) is 6.14. The van der Waals surface area contributed by atoms with Gasteiger partial charge in [0.05, 0.1) is 0 Å². The van der Waals surface area contributed by atoms with E-state index in [0.717, 1.165) is 5.92 Å². The average molecular weight is 263 g/mol. The summed E-state index contributed by atoms with van der Waals surface area (Å²) >= 11 is 0. The number of benzene rings is 2. The number of likely N-dealkylation sites (tertiary alicyclic amines) is 1. The first-order valence-electron chi connectivity index (χ1n) is 7.78. The highest BCUT2D eigenvalue weighted by Crippen LogP contribution is 2.48. The molecule has 0 saturated carbocycles. The Kier molecular flexibility index (Phi) is 3.08. The quantitative estimate of drug-likeness (QED) is 0.803. The first kappa shape index (κ1) is 12.2. The minimum atomic E-state index is 0.675. The van der Waals surface area contributed by atoms with Crippen molar-refractivity contribution in [1.29, 1.82) is 0 Å². The number of fused-ring (bicyclic) bond motifs is 5. The topological polar surface area (TPSA) is 3.24 Å². The zero-order valence-corrected chi connectivity index (χ0v) is 11.8. The molecule has 1 nitrogen and oxygen atoms in total. The lowest BCUT2D eigenvalue weighted by Crippen LogP contribution is -2.33. The molecule has 0 amide bonds. The summed E-state index contributed by atoms with van der Waals surface area (Å²) in [5.41, 5.74) is 4.68. The summed E-state index contributed by atoms with van der Waals surface area (Å²) in [6, 6.07) is 20.7. The molecule has 2 aliphatic rings. The summed E-state index contributed by atoms with van der Waals surface area (Å²) in [6.07, 6.45) is 3.85. The molecule has 1 aliphatic heterocycles. The lowest BCUT2D eigenvalue weighted by molar-refractivity contribution is 0.155. The molecule has 2 bridgehead atoms. The number of piperidine rings is 1. The molecule has 0 unspecified atom stereocenters. The van der Waals surface area contributed by atoms with Gasteiger partial charge in [-0.25, -0.2) is 0 Å². The second kappa shape index (κ2) is 5.06. The third-order valence-corrected chi connectivity index (χ3v) is 5.04. The Bertz CT molecular complexity index is 590. The first-order valence-corrected chi connectivity index (χ1v) is 7.78. The molecule has 0 N–H and O–H groups in total. The van der Waals surface area contributed by atoms with Crippen LogP contribution in [0.15, 0.2) is 54.6 Å². The fourth-order valence-corrected chi connectivity index (χ4v) is 3.99. The third-order valence-electron chi connectivity index (χ3n) is 5.04. The van der Waals surface area contributed by atoms with E-state index in [0.29, 0.717) is 6.04 Å². The predicted molar refractivity (Wildman–Crippen MR) is 82.9 cm³/mol. The summed E-state index contributed by atoms with van der Waals surface area (Å²) in [4.78, 5) is 2.70. The monoisotopic (exact) mass is 263 g/mol. The number of nitrogens with zero attached hydrogens (tertiary/aromatic N) is 1. The van der Waals surface area contributed by atoms with Crippen molar-refractivity contribution in [1.82, 2.24) is 4.90 Å². The maximum atomic E-state index is 2.70. The van der Waals surface area contributed by atoms with Crippen molar-refractivity contribution >= 4 is 0 Å². The van der Waals surface area contributed by atoms with Crippen LogP contribution >= 0.6 is 0 Å². The van der Waals surface area contributed by atoms with E-state index in [9.17, 15) is 0 Å². The van der Waals surface area contributed by atoms with Gasteiger partial charge in [-0.15, -0.1) is 0 Å². The minimum Gasteiger partial charge on any atom is -0.296 e. The Hall–Kier alpha value is -1.60. The molecule has 1 saturated heterocycles. The van der Waals surface area contributed by atoms with Crippen molar-refractivity contribution in [3.8, 4) is 0 Å². The van der Waals surface area contributed by atoms with Crippen LogP contribution in [0.5, 0.6) is 0 Å². The minimum absolute atomic E-state index is 0.675. The van der Waals surface area contributed by atoms with Crippen LogP contribution < -0.4 is 0 Å². The molecule has 2 aromatic rings. The van der Waals surface area contributed by atoms with Crippen molar-refractivity contribution in [3.63, 3.8) is 0 Å². The second-order valence-electron chi connectivity index (χ2n) is 6.14. The van der Waals surface area contributed by atoms with E-state index >= 15 is 0 Å². The van der Waals surface area contributed by atoms with Gasteiger partial charge in [-0.2, -0.15) is 0 Å². The summed E-state index contributed by atoms with van der Waals surface area (Å²) in [5, 5.41) is 0. The zero-order valence-electron chi connectivity index (χ0n) is 11.8. The Morgan fingerprint density at radius 2 is 1.65 bits per heavy atom. The molecule has 20 heavy (non-hydrogen) atoms. The molecule has 4 rings (SSSR count). The molecule has 0 spiro atoms. The lowest BCUT2D eigenvalue weighted by Gasteiger charge is -2.33. The van der Waals surface area contributed by atoms with Crippen LogP contribution in [0.4, 0.5) is 0 Å². The largest absolute Gasteiger partial charge is 0.296 e. The molecule has 1 fully saturated rings. The van der Waals surface area contributed by atoms with E-state index in [2.05, 4.69) is 59.5 Å². The van der Waals surface area contributed by atoms with Gasteiger partial charge in [0.25, 0.3) is 0 Å². The van der Waals surface area contributed by atoms with Crippen LogP contribution in [0.2, 0.25) is 0 Å². The van der Waals surface area contributed by atoms with Crippen LogP contribution in [0.1, 0.15) is 41.5 Å². The highest BCUT2D eigenvalue weighted by atomic mass is 15.2. The van der Waals surface area contributed by atoms with Gasteiger partial charge >= 0.3 is 0 Å². The summed E-state index contributed by atoms with van der Waals surface area (Å²) in [6.45, 7) is 2.45. The Balaban J connectivity index is 1.51. The molecule has 1 heterocycles. The van der Waals surface area contributed by atoms with Crippen LogP contribution in [0.25, 0.3) is 0 Å². The summed E-state index contributed by atoms with van der Waals surface area (Å²) < 4.78 is 0. The maximum Gasteiger partial charge on any atom is 0.0356 e. The van der Waals surface area contributed by atoms with E-state index in [4.69, 9.17) is 0 Å². The standard InChI is InChI=1S/C19H21N/c1-2-6-15(7-3-1)10-12-20-13-11-16-14-19(20)18-9-5-4-8-17(16)18/h1-9,16,19H,10-14H2/t16-,19+/m0/s1. The van der Waals surface area contributed by atoms with Gasteiger partial charge < -0.3 is 0 Å². The van der Waals surface area contributed by atoms with Gasteiger partial charge in [0.2, 0.25) is 0 Å². The van der Waals surface area contributed by atoms with Gasteiger partial charge in [-0.05, 0) is 48.4 Å². The van der Waals surface area contributed by atoms with Crippen LogP contribution in [-0.4, -0.2) is 18.0 Å². The van der Waals surface area contributed by atoms with Crippen molar-refractivity contribution in [2.75, 3.05) is 13.1 Å². The van der Waals surface area contributed by atoms with E-state index < -0.39 is 0 Å². The van der Waals surface area contributed by atoms with Gasteiger partial charge in [-0.3, -0.25) is 4.90 Å². The van der Waals surface area contributed by atoms with Crippen molar-refractivity contribution < 1.29 is 0 Å². The number of rotatable bonds is 3. The number of hydrogen-bond acceptors (Lipinski definition) is 1. The molecular weight excluding hydrogens is 242 g/mol. The molecule has 0 radical (unpaired) electrons. The van der Waals surface area contributed by atoms with Crippen molar-refractivity contribution in [3.05, 3.63) is 71.3 Å². The molecule has 2 aromatic carbocycles. The molecule has 2 atom stereocenters. The Morgan fingerprint density at radius 1 is 0.900 bits per heavy atom. The maximum absolute atomic E-state index is 2.70. The average Bonchev–Trinajstić information content (AvgIpc) is 2.82. The normalized spacial score (nSPS) is 24.6. The molecule has 102 valence electrons. The highest BCUT2D eigenvalue weighted by molar-refractivity contribution is 5.39. The van der Waals surface area contributed by atoms with Crippen LogP contribution in [-0.2, 0) is 6.42 Å². The highest BCUT2D eigenvalue weighted by Gasteiger charge is 2.37. The Morgan fingerprint density at radius 3 is 2.50 bits per heavy atom. The van der Waals surface area contributed by atoms with Crippen molar-refractivity contribution in [2.24, 2.45) is 0 Å². The van der Waals surface area contributed by atoms with E-state index in [1.807, 2.05) is 0 Å². The van der Waals surface area contributed by atoms with Crippen LogP contribution in [0.3, 0.4) is 0 Å². The van der Waals surface area contributed by atoms with Gasteiger partial charge in [-0.1, -0.05) is 54.6 Å². The molecular formula is C19H21N. The first-order chi connectivity index (χ1) is 9.92. The van der Waals surface area contributed by atoms with Crippen molar-refractivity contribution in [2.45, 2.75) is 31.2 Å². The molecule has 1 heteroatoms. The number of hydrogen-bond donors (Lipinski definition) is 0. The summed E-state index contributed by atoms with van der Waals surface area (Å²) in [5.74, 6) is 0.823. The molecule has 0 aromatic heterocycles. The van der Waals surface area contributed by atoms with Crippen LogP contribution in [0, 0.1) is 0 Å². The molecule has 1 aliphatic carbocycles. The van der Waals surface area contributed by atoms with E-state index in [-0.39, 0.29) is 0 Å². The van der Waals surface area contributed by atoms with Gasteiger partial charge in [0, 0.05) is 12.6 Å². The lowest BCUT2D eigenvalue weighted by atomic mass is 9.95. The predicted octanol–water partition coefficient (Wildman–Crippen LogP) is 4.16. The van der Waals surface area contributed by atoms with E-state index in [1.54, 1.807) is 11.1 Å². The fraction of sp³-hybridized carbons (Fsp3) is 0.368.